The highest BCUT2D eigenvalue weighted by Gasteiger charge is 2.41. The molecule has 0 saturated carbocycles. The number of nitrogens with zero attached hydrogens (tertiary/aromatic N) is 3. The SMILES string of the molecule is CCN(C)C(=O)c1cnn(-c2ccc(C)cc2)c1C(F)(F)F. The zero-order valence-corrected chi connectivity index (χ0v) is 12.5. The van der Waals surface area contributed by atoms with Crippen molar-refractivity contribution in [3.63, 3.8) is 0 Å². The third kappa shape index (κ3) is 2.98. The summed E-state index contributed by atoms with van der Waals surface area (Å²) >= 11 is 0. The Labute approximate surface area is 126 Å². The minimum absolute atomic E-state index is 0.260. The first kappa shape index (κ1) is 16.1. The van der Waals surface area contributed by atoms with Gasteiger partial charge in [0, 0.05) is 13.6 Å². The molecule has 1 aromatic heterocycles. The van der Waals surface area contributed by atoms with Crippen molar-refractivity contribution in [2.75, 3.05) is 13.6 Å². The summed E-state index contributed by atoms with van der Waals surface area (Å²) in [4.78, 5) is 13.3. The van der Waals surface area contributed by atoms with E-state index in [-0.39, 0.29) is 5.69 Å². The van der Waals surface area contributed by atoms with E-state index in [9.17, 15) is 18.0 Å². The van der Waals surface area contributed by atoms with Gasteiger partial charge in [-0.15, -0.1) is 0 Å². The summed E-state index contributed by atoms with van der Waals surface area (Å²) < 4.78 is 41.0. The number of carbonyl (C=O) groups is 1. The van der Waals surface area contributed by atoms with Crippen molar-refractivity contribution >= 4 is 5.91 Å². The van der Waals surface area contributed by atoms with Gasteiger partial charge in [0.25, 0.3) is 5.91 Å². The van der Waals surface area contributed by atoms with Gasteiger partial charge in [-0.2, -0.15) is 18.3 Å². The van der Waals surface area contributed by atoms with Crippen LogP contribution in [-0.4, -0.2) is 34.2 Å². The molecule has 2 rings (SSSR count). The molecule has 0 spiro atoms. The lowest BCUT2D eigenvalue weighted by Gasteiger charge is -2.16. The van der Waals surface area contributed by atoms with Gasteiger partial charge in [0.15, 0.2) is 5.69 Å². The molecular weight excluding hydrogens is 295 g/mol. The monoisotopic (exact) mass is 311 g/mol. The van der Waals surface area contributed by atoms with Crippen LogP contribution in [0.25, 0.3) is 5.69 Å². The first-order chi connectivity index (χ1) is 10.3. The molecule has 0 radical (unpaired) electrons. The molecule has 0 fully saturated rings. The molecule has 0 atom stereocenters. The number of alkyl halides is 3. The molecule has 1 amide bonds. The first-order valence-corrected chi connectivity index (χ1v) is 6.73. The minimum atomic E-state index is -4.68. The highest BCUT2D eigenvalue weighted by Crippen LogP contribution is 2.34. The maximum atomic E-state index is 13.4. The lowest BCUT2D eigenvalue weighted by atomic mass is 10.2. The van der Waals surface area contributed by atoms with Crippen LogP contribution in [0.15, 0.2) is 30.5 Å². The van der Waals surface area contributed by atoms with Gasteiger partial charge in [-0.05, 0) is 26.0 Å². The molecular formula is C15H16F3N3O. The summed E-state index contributed by atoms with van der Waals surface area (Å²) in [5.74, 6) is -0.701. The van der Waals surface area contributed by atoms with Crippen molar-refractivity contribution in [2.24, 2.45) is 0 Å². The van der Waals surface area contributed by atoms with Gasteiger partial charge in [0.05, 0.1) is 17.4 Å². The Kier molecular flexibility index (Phi) is 4.25. The Morgan fingerprint density at radius 1 is 1.27 bits per heavy atom. The number of hydrogen-bond acceptors (Lipinski definition) is 2. The third-order valence-corrected chi connectivity index (χ3v) is 3.37. The van der Waals surface area contributed by atoms with Gasteiger partial charge >= 0.3 is 6.18 Å². The average Bonchev–Trinajstić information content (AvgIpc) is 2.91. The molecule has 0 saturated heterocycles. The molecule has 1 aromatic carbocycles. The van der Waals surface area contributed by atoms with Gasteiger partial charge in [0.1, 0.15) is 0 Å². The predicted octanol–water partition coefficient (Wildman–Crippen LogP) is 3.29. The number of hydrogen-bond donors (Lipinski definition) is 0. The summed E-state index contributed by atoms with van der Waals surface area (Å²) in [6, 6.07) is 6.46. The van der Waals surface area contributed by atoms with Crippen LogP contribution in [0.3, 0.4) is 0 Å². The lowest BCUT2D eigenvalue weighted by Crippen LogP contribution is -2.28. The van der Waals surface area contributed by atoms with Crippen LogP contribution in [-0.2, 0) is 6.18 Å². The van der Waals surface area contributed by atoms with Gasteiger partial charge in [-0.25, -0.2) is 4.68 Å². The Balaban J connectivity index is 2.59. The summed E-state index contributed by atoms with van der Waals surface area (Å²) in [5, 5.41) is 3.77. The number of rotatable bonds is 3. The maximum absolute atomic E-state index is 13.4. The predicted molar refractivity (Wildman–Crippen MR) is 75.9 cm³/mol. The molecule has 0 N–H and O–H groups in total. The van der Waals surface area contributed by atoms with Crippen LogP contribution in [0, 0.1) is 6.92 Å². The van der Waals surface area contributed by atoms with Crippen molar-refractivity contribution in [1.29, 1.82) is 0 Å². The molecule has 0 unspecified atom stereocenters. The van der Waals surface area contributed by atoms with E-state index in [1.54, 1.807) is 19.1 Å². The van der Waals surface area contributed by atoms with Crippen LogP contribution >= 0.6 is 0 Å². The molecule has 0 bridgehead atoms. The number of benzene rings is 1. The molecule has 0 aliphatic heterocycles. The molecule has 0 aliphatic rings. The van der Waals surface area contributed by atoms with Crippen molar-refractivity contribution in [1.82, 2.24) is 14.7 Å². The summed E-state index contributed by atoms with van der Waals surface area (Å²) in [5.41, 5.74) is -0.318. The lowest BCUT2D eigenvalue weighted by molar-refractivity contribution is -0.143. The van der Waals surface area contributed by atoms with Gasteiger partial charge in [0.2, 0.25) is 0 Å². The molecule has 7 heteroatoms. The summed E-state index contributed by atoms with van der Waals surface area (Å²) in [7, 11) is 1.45. The van der Waals surface area contributed by atoms with Crippen LogP contribution in [0.5, 0.6) is 0 Å². The van der Waals surface area contributed by atoms with E-state index in [4.69, 9.17) is 0 Å². The van der Waals surface area contributed by atoms with E-state index in [0.29, 0.717) is 6.54 Å². The maximum Gasteiger partial charge on any atom is 0.434 e. The van der Waals surface area contributed by atoms with Crippen molar-refractivity contribution in [2.45, 2.75) is 20.0 Å². The van der Waals surface area contributed by atoms with E-state index in [0.717, 1.165) is 16.4 Å². The van der Waals surface area contributed by atoms with Crippen LogP contribution < -0.4 is 0 Å². The van der Waals surface area contributed by atoms with E-state index >= 15 is 0 Å². The topological polar surface area (TPSA) is 38.1 Å². The Morgan fingerprint density at radius 3 is 2.36 bits per heavy atom. The second kappa shape index (κ2) is 5.82. The Hall–Kier alpha value is -2.31. The Morgan fingerprint density at radius 2 is 1.86 bits per heavy atom. The van der Waals surface area contributed by atoms with Gasteiger partial charge < -0.3 is 4.90 Å². The van der Waals surface area contributed by atoms with Gasteiger partial charge in [-0.1, -0.05) is 17.7 Å². The van der Waals surface area contributed by atoms with E-state index in [1.807, 2.05) is 6.92 Å². The number of halogens is 3. The zero-order valence-electron chi connectivity index (χ0n) is 12.5. The quantitative estimate of drug-likeness (QED) is 0.872. The standard InChI is InChI=1S/C15H16F3N3O/c1-4-20(3)14(22)12-9-19-21(13(12)15(16,17)18)11-7-5-10(2)6-8-11/h5-9H,4H2,1-3H3. The largest absolute Gasteiger partial charge is 0.434 e. The van der Waals surface area contributed by atoms with Crippen LogP contribution in [0.2, 0.25) is 0 Å². The van der Waals surface area contributed by atoms with E-state index < -0.39 is 23.3 Å². The molecule has 4 nitrogen and oxygen atoms in total. The molecule has 2 aromatic rings. The van der Waals surface area contributed by atoms with Crippen molar-refractivity contribution in [3.8, 4) is 5.69 Å². The van der Waals surface area contributed by atoms with E-state index in [2.05, 4.69) is 5.10 Å². The molecule has 22 heavy (non-hydrogen) atoms. The second-order valence-electron chi connectivity index (χ2n) is 4.97. The number of carbonyl (C=O) groups excluding carboxylic acids is 1. The smallest absolute Gasteiger partial charge is 0.342 e. The van der Waals surface area contributed by atoms with E-state index in [1.165, 1.54) is 24.1 Å². The highest BCUT2D eigenvalue weighted by atomic mass is 19.4. The van der Waals surface area contributed by atoms with Crippen molar-refractivity contribution < 1.29 is 18.0 Å². The average molecular weight is 311 g/mol. The fourth-order valence-electron chi connectivity index (χ4n) is 2.01. The molecule has 0 aliphatic carbocycles. The molecule has 118 valence electrons. The number of amides is 1. The first-order valence-electron chi connectivity index (χ1n) is 6.73. The fraction of sp³-hybridized carbons (Fsp3) is 0.333. The third-order valence-electron chi connectivity index (χ3n) is 3.37. The summed E-state index contributed by atoms with van der Waals surface area (Å²) in [6.45, 7) is 3.84. The zero-order chi connectivity index (χ0) is 16.5. The summed E-state index contributed by atoms with van der Waals surface area (Å²) in [6.07, 6.45) is -3.71. The number of aryl methyl sites for hydroxylation is 1. The van der Waals surface area contributed by atoms with Crippen LogP contribution in [0.4, 0.5) is 13.2 Å². The highest BCUT2D eigenvalue weighted by molar-refractivity contribution is 5.95. The fourth-order valence-corrected chi connectivity index (χ4v) is 2.01. The van der Waals surface area contributed by atoms with Gasteiger partial charge in [-0.3, -0.25) is 4.79 Å². The molecule has 1 heterocycles. The Bertz CT molecular complexity index is 674. The number of aromatic nitrogens is 2. The normalized spacial score (nSPS) is 11.5. The second-order valence-corrected chi connectivity index (χ2v) is 4.97. The van der Waals surface area contributed by atoms with Crippen LogP contribution in [0.1, 0.15) is 28.5 Å². The minimum Gasteiger partial charge on any atom is -0.342 e. The van der Waals surface area contributed by atoms with Crippen molar-refractivity contribution in [3.05, 3.63) is 47.3 Å².